The van der Waals surface area contributed by atoms with Crippen molar-refractivity contribution in [2.45, 2.75) is 24.9 Å². The van der Waals surface area contributed by atoms with Crippen molar-refractivity contribution in [3.63, 3.8) is 0 Å². The van der Waals surface area contributed by atoms with Gasteiger partial charge in [0.05, 0.1) is 17.6 Å². The molecular formula is C14H15N5O4S. The Labute approximate surface area is 139 Å². The monoisotopic (exact) mass is 349 g/mol. The van der Waals surface area contributed by atoms with E-state index in [1.807, 2.05) is 17.5 Å². The number of hydrogen-bond donors (Lipinski definition) is 4. The van der Waals surface area contributed by atoms with E-state index in [1.54, 1.807) is 4.57 Å². The average molecular weight is 349 g/mol. The number of nitrogens with two attached hydrogens (primary N) is 1. The lowest BCUT2D eigenvalue weighted by molar-refractivity contribution is -0.0426. The molecule has 9 nitrogen and oxygen atoms in total. The molecule has 0 radical (unpaired) electrons. The Bertz CT molecular complexity index is 935. The summed E-state index contributed by atoms with van der Waals surface area (Å²) in [6.45, 7) is -0.297. The fourth-order valence-corrected chi connectivity index (χ4v) is 3.60. The summed E-state index contributed by atoms with van der Waals surface area (Å²) in [6.07, 6.45) is -1.85. The molecule has 10 heteroatoms. The van der Waals surface area contributed by atoms with Gasteiger partial charge in [0.1, 0.15) is 12.3 Å². The molecule has 0 aromatic carbocycles. The fraction of sp³-hybridized carbons (Fsp3) is 0.357. The van der Waals surface area contributed by atoms with Crippen molar-refractivity contribution in [2.24, 2.45) is 0 Å². The van der Waals surface area contributed by atoms with E-state index >= 15 is 0 Å². The van der Waals surface area contributed by atoms with Crippen LogP contribution < -0.4 is 11.3 Å². The molecule has 1 saturated heterocycles. The topological polar surface area (TPSA) is 139 Å². The molecule has 3 aromatic rings. The number of hydrogen-bond acceptors (Lipinski definition) is 8. The maximum Gasteiger partial charge on any atom is 0.280 e. The molecule has 0 amide bonds. The Balaban J connectivity index is 1.95. The lowest BCUT2D eigenvalue weighted by Crippen LogP contribution is -2.24. The van der Waals surface area contributed by atoms with Crippen molar-refractivity contribution >= 4 is 28.4 Å². The van der Waals surface area contributed by atoms with Crippen LogP contribution in [-0.2, 0) is 4.74 Å². The smallest absolute Gasteiger partial charge is 0.280 e. The number of imidazole rings is 1. The Morgan fingerprint density at radius 3 is 3.00 bits per heavy atom. The van der Waals surface area contributed by atoms with Crippen LogP contribution in [0.3, 0.4) is 0 Å². The Kier molecular flexibility index (Phi) is 3.61. The van der Waals surface area contributed by atoms with Gasteiger partial charge in [-0.15, -0.1) is 11.3 Å². The second kappa shape index (κ2) is 5.67. The van der Waals surface area contributed by atoms with Crippen molar-refractivity contribution < 1.29 is 14.9 Å². The van der Waals surface area contributed by atoms with Crippen LogP contribution in [0.1, 0.15) is 12.6 Å². The van der Waals surface area contributed by atoms with Crippen molar-refractivity contribution in [1.82, 2.24) is 19.5 Å². The highest BCUT2D eigenvalue weighted by Crippen LogP contribution is 2.36. The van der Waals surface area contributed by atoms with Crippen LogP contribution in [0.15, 0.2) is 22.3 Å². The number of anilines is 1. The second-order valence-corrected chi connectivity index (χ2v) is 6.47. The molecule has 1 fully saturated rings. The van der Waals surface area contributed by atoms with Crippen LogP contribution >= 0.6 is 11.3 Å². The number of aromatic nitrogens is 4. The zero-order valence-corrected chi connectivity index (χ0v) is 13.2. The highest BCUT2D eigenvalue weighted by Gasteiger charge is 2.37. The second-order valence-electron chi connectivity index (χ2n) is 5.52. The van der Waals surface area contributed by atoms with Gasteiger partial charge in [0, 0.05) is 6.42 Å². The minimum atomic E-state index is -0.812. The van der Waals surface area contributed by atoms with Gasteiger partial charge < -0.3 is 20.7 Å². The maximum atomic E-state index is 12.2. The highest BCUT2D eigenvalue weighted by atomic mass is 32.1. The molecule has 0 spiro atoms. The molecular weight excluding hydrogens is 334 g/mol. The molecule has 3 atom stereocenters. The number of fused-ring (bicyclic) bond motifs is 1. The number of rotatable bonds is 3. The van der Waals surface area contributed by atoms with Gasteiger partial charge in [-0.1, -0.05) is 6.07 Å². The third kappa shape index (κ3) is 2.31. The van der Waals surface area contributed by atoms with E-state index in [0.717, 1.165) is 4.88 Å². The molecule has 4 rings (SSSR count). The van der Waals surface area contributed by atoms with Crippen molar-refractivity contribution in [3.05, 3.63) is 27.9 Å². The number of H-pyrrole nitrogens is 1. The number of thiophene rings is 1. The summed E-state index contributed by atoms with van der Waals surface area (Å²) in [5.74, 6) is 0.489. The number of aromatic amines is 1. The standard InChI is InChI=1S/C14H15N5O4S/c15-14-17-12-10(13(22)18-14)16-11(8-2-1-3-24-8)19(12)9-4-6(21)7(5-20)23-9/h1-3,6-7,9,20-21H,4-5H2,(H3,15,17,18,22). The summed E-state index contributed by atoms with van der Waals surface area (Å²) in [6, 6.07) is 3.74. The Morgan fingerprint density at radius 2 is 2.33 bits per heavy atom. The Hall–Kier alpha value is -2.27. The summed E-state index contributed by atoms with van der Waals surface area (Å²) in [5, 5.41) is 21.2. The van der Waals surface area contributed by atoms with Crippen molar-refractivity contribution in [1.29, 1.82) is 0 Å². The van der Waals surface area contributed by atoms with Gasteiger partial charge in [-0.05, 0) is 11.4 Å². The van der Waals surface area contributed by atoms with Crippen LogP contribution in [0.2, 0.25) is 0 Å². The summed E-state index contributed by atoms with van der Waals surface area (Å²) < 4.78 is 7.39. The van der Waals surface area contributed by atoms with E-state index < -0.39 is 24.0 Å². The number of nitrogens with one attached hydrogen (secondary N) is 1. The number of nitrogen functional groups attached to an aromatic ring is 1. The van der Waals surface area contributed by atoms with Gasteiger partial charge >= 0.3 is 0 Å². The molecule has 0 aliphatic carbocycles. The van der Waals surface area contributed by atoms with Crippen LogP contribution in [-0.4, -0.2) is 48.5 Å². The fourth-order valence-electron chi connectivity index (χ4n) is 2.89. The highest BCUT2D eigenvalue weighted by molar-refractivity contribution is 7.13. The van der Waals surface area contributed by atoms with Gasteiger partial charge in [0.2, 0.25) is 5.95 Å². The van der Waals surface area contributed by atoms with E-state index in [2.05, 4.69) is 15.0 Å². The predicted molar refractivity (Wildman–Crippen MR) is 87.5 cm³/mol. The molecule has 0 saturated carbocycles. The van der Waals surface area contributed by atoms with Gasteiger partial charge in [0.25, 0.3) is 5.56 Å². The number of nitrogens with zero attached hydrogens (tertiary/aromatic N) is 3. The van der Waals surface area contributed by atoms with Crippen molar-refractivity contribution in [3.8, 4) is 10.7 Å². The van der Waals surface area contributed by atoms with Crippen LogP contribution in [0, 0.1) is 0 Å². The normalized spacial score (nSPS) is 24.0. The van der Waals surface area contributed by atoms with E-state index in [9.17, 15) is 15.0 Å². The maximum absolute atomic E-state index is 12.2. The number of ether oxygens (including phenoxy) is 1. The van der Waals surface area contributed by atoms with Gasteiger partial charge in [-0.3, -0.25) is 14.3 Å². The molecule has 24 heavy (non-hydrogen) atoms. The van der Waals surface area contributed by atoms with Gasteiger partial charge in [-0.25, -0.2) is 4.98 Å². The molecule has 5 N–H and O–H groups in total. The third-order valence-electron chi connectivity index (χ3n) is 3.98. The quantitative estimate of drug-likeness (QED) is 0.525. The van der Waals surface area contributed by atoms with E-state index in [1.165, 1.54) is 11.3 Å². The van der Waals surface area contributed by atoms with Gasteiger partial charge in [0.15, 0.2) is 17.0 Å². The largest absolute Gasteiger partial charge is 0.394 e. The Morgan fingerprint density at radius 1 is 1.50 bits per heavy atom. The molecule has 1 aliphatic heterocycles. The zero-order chi connectivity index (χ0) is 16.8. The summed E-state index contributed by atoms with van der Waals surface area (Å²) in [4.78, 5) is 24.0. The zero-order valence-electron chi connectivity index (χ0n) is 12.4. The third-order valence-corrected chi connectivity index (χ3v) is 4.85. The minimum absolute atomic E-state index is 0.0244. The first-order valence-electron chi connectivity index (χ1n) is 7.34. The lowest BCUT2D eigenvalue weighted by Gasteiger charge is -2.16. The molecule has 0 bridgehead atoms. The average Bonchev–Trinajstić information content (AvgIpc) is 3.24. The van der Waals surface area contributed by atoms with Crippen LogP contribution in [0.25, 0.3) is 21.9 Å². The number of aliphatic hydroxyl groups excluding tert-OH is 2. The van der Waals surface area contributed by atoms with Crippen molar-refractivity contribution in [2.75, 3.05) is 12.3 Å². The molecule has 4 heterocycles. The summed E-state index contributed by atoms with van der Waals surface area (Å²) >= 11 is 1.46. The summed E-state index contributed by atoms with van der Waals surface area (Å²) in [7, 11) is 0. The molecule has 1 aliphatic rings. The molecule has 3 aromatic heterocycles. The first-order chi connectivity index (χ1) is 11.6. The molecule has 3 unspecified atom stereocenters. The first kappa shape index (κ1) is 15.3. The van der Waals surface area contributed by atoms with Crippen LogP contribution in [0.5, 0.6) is 0 Å². The molecule has 126 valence electrons. The van der Waals surface area contributed by atoms with E-state index in [4.69, 9.17) is 10.5 Å². The lowest BCUT2D eigenvalue weighted by atomic mass is 10.2. The summed E-state index contributed by atoms with van der Waals surface area (Å²) in [5.41, 5.74) is 5.67. The van der Waals surface area contributed by atoms with E-state index in [-0.39, 0.29) is 30.1 Å². The van der Waals surface area contributed by atoms with Crippen LogP contribution in [0.4, 0.5) is 5.95 Å². The first-order valence-corrected chi connectivity index (χ1v) is 8.22. The number of aliphatic hydroxyl groups is 2. The van der Waals surface area contributed by atoms with E-state index in [0.29, 0.717) is 5.82 Å². The SMILES string of the molecule is Nc1nc2c(nc(-c3cccs3)n2C2CC(O)C(CO)O2)c(=O)[nH]1. The minimum Gasteiger partial charge on any atom is -0.394 e. The predicted octanol–water partition coefficient (Wildman–Crippen LogP) is 0.0710. The van der Waals surface area contributed by atoms with Gasteiger partial charge in [-0.2, -0.15) is 4.98 Å².